The number of aromatic nitrogens is 2. The summed E-state index contributed by atoms with van der Waals surface area (Å²) in [6, 6.07) is 6.77. The van der Waals surface area contributed by atoms with E-state index in [2.05, 4.69) is 15.3 Å². The van der Waals surface area contributed by atoms with Crippen LogP contribution in [-0.2, 0) is 0 Å². The second-order valence-corrected chi connectivity index (χ2v) is 6.10. The van der Waals surface area contributed by atoms with Crippen molar-refractivity contribution in [2.24, 2.45) is 0 Å². The number of urea groups is 1. The molecule has 0 radical (unpaired) electrons. The predicted octanol–water partition coefficient (Wildman–Crippen LogP) is 2.51. The number of carbonyl (C=O) groups excluding carboxylic acids is 2. The van der Waals surface area contributed by atoms with E-state index in [0.29, 0.717) is 49.0 Å². The van der Waals surface area contributed by atoms with Crippen molar-refractivity contribution in [3.63, 3.8) is 0 Å². The summed E-state index contributed by atoms with van der Waals surface area (Å²) < 4.78 is 0. The van der Waals surface area contributed by atoms with Gasteiger partial charge in [0.2, 0.25) is 0 Å². The molecule has 1 aliphatic heterocycles. The lowest BCUT2D eigenvalue weighted by Gasteiger charge is -2.22. The van der Waals surface area contributed by atoms with E-state index in [0.717, 1.165) is 0 Å². The monoisotopic (exact) mass is 359 g/mol. The lowest BCUT2D eigenvalue weighted by atomic mass is 10.3. The average Bonchev–Trinajstić information content (AvgIpc) is 2.90. The minimum absolute atomic E-state index is 0.159. The molecular weight excluding hydrogens is 342 g/mol. The van der Waals surface area contributed by atoms with Gasteiger partial charge < -0.3 is 15.1 Å². The summed E-state index contributed by atoms with van der Waals surface area (Å²) >= 11 is 5.84. The second kappa shape index (κ2) is 7.94. The highest BCUT2D eigenvalue weighted by atomic mass is 35.5. The summed E-state index contributed by atoms with van der Waals surface area (Å²) in [6.07, 6.45) is 5.19. The normalized spacial score (nSPS) is 14.8. The summed E-state index contributed by atoms with van der Waals surface area (Å²) in [5.74, 6) is -0.159. The first-order valence-corrected chi connectivity index (χ1v) is 8.38. The second-order valence-electron chi connectivity index (χ2n) is 5.66. The standard InChI is InChI=1S/C17H18ClN5O2/c18-13-2-4-14(5-3-13)21-17(25)23-9-1-8-22(10-11-23)16(24)15-12-19-6-7-20-15/h2-7,12H,1,8-11H2,(H,21,25). The van der Waals surface area contributed by atoms with Gasteiger partial charge in [-0.05, 0) is 30.7 Å². The molecule has 130 valence electrons. The first-order valence-electron chi connectivity index (χ1n) is 8.00. The van der Waals surface area contributed by atoms with Crippen molar-refractivity contribution >= 4 is 29.2 Å². The molecular formula is C17H18ClN5O2. The Kier molecular flexibility index (Phi) is 5.45. The van der Waals surface area contributed by atoms with E-state index in [-0.39, 0.29) is 11.9 Å². The van der Waals surface area contributed by atoms with Crippen molar-refractivity contribution in [3.8, 4) is 0 Å². The predicted molar refractivity (Wildman–Crippen MR) is 94.6 cm³/mol. The molecule has 0 bridgehead atoms. The molecule has 1 aromatic carbocycles. The molecule has 7 nitrogen and oxygen atoms in total. The zero-order chi connectivity index (χ0) is 17.6. The lowest BCUT2D eigenvalue weighted by Crippen LogP contribution is -2.39. The van der Waals surface area contributed by atoms with Crippen molar-refractivity contribution in [2.45, 2.75) is 6.42 Å². The molecule has 1 aromatic heterocycles. The molecule has 3 amide bonds. The van der Waals surface area contributed by atoms with Crippen LogP contribution in [-0.4, -0.2) is 57.9 Å². The van der Waals surface area contributed by atoms with Gasteiger partial charge in [0, 0.05) is 49.3 Å². The van der Waals surface area contributed by atoms with Crippen molar-refractivity contribution in [3.05, 3.63) is 53.6 Å². The van der Waals surface area contributed by atoms with Gasteiger partial charge in [-0.1, -0.05) is 11.6 Å². The van der Waals surface area contributed by atoms with Crippen LogP contribution in [0.3, 0.4) is 0 Å². The van der Waals surface area contributed by atoms with Crippen LogP contribution in [0.1, 0.15) is 16.9 Å². The van der Waals surface area contributed by atoms with E-state index < -0.39 is 0 Å². The highest BCUT2D eigenvalue weighted by Crippen LogP contribution is 2.15. The zero-order valence-corrected chi connectivity index (χ0v) is 14.3. The molecule has 8 heteroatoms. The number of anilines is 1. The highest BCUT2D eigenvalue weighted by Gasteiger charge is 2.23. The number of hydrogen-bond acceptors (Lipinski definition) is 4. The van der Waals surface area contributed by atoms with Crippen LogP contribution < -0.4 is 5.32 Å². The number of nitrogens with zero attached hydrogens (tertiary/aromatic N) is 4. The SMILES string of the molecule is O=C(Nc1ccc(Cl)cc1)N1CCCN(C(=O)c2cnccn2)CC1. The molecule has 0 unspecified atom stereocenters. The Bertz CT molecular complexity index is 738. The number of nitrogens with one attached hydrogen (secondary N) is 1. The van der Waals surface area contributed by atoms with Gasteiger partial charge in [-0.25, -0.2) is 9.78 Å². The Balaban J connectivity index is 1.58. The third-order valence-corrected chi connectivity index (χ3v) is 4.20. The number of benzene rings is 1. The van der Waals surface area contributed by atoms with Gasteiger partial charge in [0.15, 0.2) is 0 Å². The summed E-state index contributed by atoms with van der Waals surface area (Å²) in [7, 11) is 0. The third kappa shape index (κ3) is 4.45. The smallest absolute Gasteiger partial charge is 0.321 e. The van der Waals surface area contributed by atoms with Gasteiger partial charge in [0.25, 0.3) is 5.91 Å². The molecule has 1 aliphatic rings. The number of hydrogen-bond donors (Lipinski definition) is 1. The molecule has 3 rings (SSSR count). The number of halogens is 1. The van der Waals surface area contributed by atoms with Crippen LogP contribution in [0.5, 0.6) is 0 Å². The molecule has 25 heavy (non-hydrogen) atoms. The number of rotatable bonds is 2. The van der Waals surface area contributed by atoms with Gasteiger partial charge in [-0.2, -0.15) is 0 Å². The molecule has 2 heterocycles. The first-order chi connectivity index (χ1) is 12.1. The van der Waals surface area contributed by atoms with E-state index in [4.69, 9.17) is 11.6 Å². The zero-order valence-electron chi connectivity index (χ0n) is 13.6. The van der Waals surface area contributed by atoms with Crippen molar-refractivity contribution < 1.29 is 9.59 Å². The van der Waals surface area contributed by atoms with Gasteiger partial charge in [-0.3, -0.25) is 9.78 Å². The topological polar surface area (TPSA) is 78.4 Å². The van der Waals surface area contributed by atoms with E-state index in [9.17, 15) is 9.59 Å². The minimum Gasteiger partial charge on any atom is -0.335 e. The number of amides is 3. The molecule has 0 aliphatic carbocycles. The van der Waals surface area contributed by atoms with Crippen LogP contribution in [0.2, 0.25) is 5.02 Å². The van der Waals surface area contributed by atoms with Crippen molar-refractivity contribution in [1.29, 1.82) is 0 Å². The maximum atomic E-state index is 12.4. The largest absolute Gasteiger partial charge is 0.335 e. The molecule has 1 N–H and O–H groups in total. The van der Waals surface area contributed by atoms with E-state index in [1.54, 1.807) is 34.1 Å². The van der Waals surface area contributed by atoms with E-state index >= 15 is 0 Å². The summed E-state index contributed by atoms with van der Waals surface area (Å²) in [5, 5.41) is 3.46. The van der Waals surface area contributed by atoms with Gasteiger partial charge in [0.05, 0.1) is 6.20 Å². The maximum absolute atomic E-state index is 12.4. The average molecular weight is 360 g/mol. The maximum Gasteiger partial charge on any atom is 0.321 e. The lowest BCUT2D eigenvalue weighted by molar-refractivity contribution is 0.0756. The quantitative estimate of drug-likeness (QED) is 0.893. The van der Waals surface area contributed by atoms with Crippen LogP contribution in [0.15, 0.2) is 42.9 Å². The Hall–Kier alpha value is -2.67. The Morgan fingerprint density at radius 3 is 2.44 bits per heavy atom. The van der Waals surface area contributed by atoms with Gasteiger partial charge in [0.1, 0.15) is 5.69 Å². The summed E-state index contributed by atoms with van der Waals surface area (Å²) in [6.45, 7) is 2.10. The van der Waals surface area contributed by atoms with Crippen LogP contribution >= 0.6 is 11.6 Å². The molecule has 0 saturated carbocycles. The molecule has 2 aromatic rings. The fourth-order valence-electron chi connectivity index (χ4n) is 2.63. The van der Waals surface area contributed by atoms with E-state index in [1.165, 1.54) is 18.6 Å². The molecule has 1 fully saturated rings. The van der Waals surface area contributed by atoms with Crippen LogP contribution in [0.4, 0.5) is 10.5 Å². The fraction of sp³-hybridized carbons (Fsp3) is 0.294. The Labute approximate surface area is 150 Å². The van der Waals surface area contributed by atoms with Gasteiger partial charge >= 0.3 is 6.03 Å². The first kappa shape index (κ1) is 17.2. The van der Waals surface area contributed by atoms with Crippen LogP contribution in [0.25, 0.3) is 0 Å². The minimum atomic E-state index is -0.184. The summed E-state index contributed by atoms with van der Waals surface area (Å²) in [5.41, 5.74) is 1.01. The summed E-state index contributed by atoms with van der Waals surface area (Å²) in [4.78, 5) is 36.2. The Morgan fingerprint density at radius 2 is 1.72 bits per heavy atom. The molecule has 0 atom stereocenters. The van der Waals surface area contributed by atoms with Crippen molar-refractivity contribution in [1.82, 2.24) is 19.8 Å². The highest BCUT2D eigenvalue weighted by molar-refractivity contribution is 6.30. The third-order valence-electron chi connectivity index (χ3n) is 3.95. The number of carbonyl (C=O) groups is 2. The van der Waals surface area contributed by atoms with Gasteiger partial charge in [-0.15, -0.1) is 0 Å². The van der Waals surface area contributed by atoms with Crippen molar-refractivity contribution in [2.75, 3.05) is 31.5 Å². The molecule has 0 spiro atoms. The molecule has 1 saturated heterocycles. The fourth-order valence-corrected chi connectivity index (χ4v) is 2.76. The van der Waals surface area contributed by atoms with Crippen LogP contribution in [0, 0.1) is 0 Å². The van der Waals surface area contributed by atoms with E-state index in [1.807, 2.05) is 0 Å². The Morgan fingerprint density at radius 1 is 1.00 bits per heavy atom.